The smallest absolute Gasteiger partial charge is 0.338 e. The second-order valence-corrected chi connectivity index (χ2v) is 6.92. The van der Waals surface area contributed by atoms with Crippen molar-refractivity contribution in [2.75, 3.05) is 10.3 Å². The van der Waals surface area contributed by atoms with Crippen molar-refractivity contribution in [2.45, 2.75) is 13.5 Å². The van der Waals surface area contributed by atoms with E-state index in [2.05, 4.69) is 15.7 Å². The van der Waals surface area contributed by atoms with Crippen LogP contribution in [-0.4, -0.2) is 11.9 Å². The van der Waals surface area contributed by atoms with Crippen LogP contribution in [0.2, 0.25) is 0 Å². The largest absolute Gasteiger partial charge is 0.457 e. The first-order valence-electron chi connectivity index (χ1n) is 9.70. The van der Waals surface area contributed by atoms with Gasteiger partial charge in [0.05, 0.1) is 16.9 Å². The van der Waals surface area contributed by atoms with Crippen LogP contribution in [0.3, 0.4) is 0 Å². The standard InChI is InChI=1S/C24H20N4O3/c1-17(29)25-21-10-11-23-19(14-21)12-13-28(27-26-23)22-9-5-8-20(15-22)24(30)31-16-18-6-3-2-4-7-18/h2-15H,16H2,1H3,(H,25,29). The molecule has 3 aromatic rings. The number of anilines is 2. The number of carbonyl (C=O) groups is 2. The maximum Gasteiger partial charge on any atom is 0.338 e. The molecule has 154 valence electrons. The minimum Gasteiger partial charge on any atom is -0.457 e. The second-order valence-electron chi connectivity index (χ2n) is 6.92. The summed E-state index contributed by atoms with van der Waals surface area (Å²) in [6, 6.07) is 21.9. The van der Waals surface area contributed by atoms with Crippen LogP contribution < -0.4 is 10.3 Å². The molecular formula is C24H20N4O3. The number of carbonyl (C=O) groups excluding carboxylic acids is 2. The van der Waals surface area contributed by atoms with Crippen LogP contribution in [0.15, 0.2) is 89.3 Å². The zero-order valence-electron chi connectivity index (χ0n) is 16.9. The van der Waals surface area contributed by atoms with Gasteiger partial charge in [-0.1, -0.05) is 41.6 Å². The van der Waals surface area contributed by atoms with Crippen LogP contribution in [0.1, 0.15) is 28.4 Å². The first kappa shape index (κ1) is 20.0. The lowest BCUT2D eigenvalue weighted by molar-refractivity contribution is -0.114. The minimum atomic E-state index is -0.412. The van der Waals surface area contributed by atoms with Gasteiger partial charge in [0.1, 0.15) is 6.61 Å². The highest BCUT2D eigenvalue weighted by Gasteiger charge is 2.13. The van der Waals surface area contributed by atoms with E-state index in [9.17, 15) is 9.59 Å². The average molecular weight is 412 g/mol. The van der Waals surface area contributed by atoms with Gasteiger partial charge in [0, 0.05) is 24.4 Å². The van der Waals surface area contributed by atoms with Crippen molar-refractivity contribution in [2.24, 2.45) is 10.3 Å². The van der Waals surface area contributed by atoms with Gasteiger partial charge < -0.3 is 10.1 Å². The fourth-order valence-corrected chi connectivity index (χ4v) is 3.06. The summed E-state index contributed by atoms with van der Waals surface area (Å²) in [5.41, 5.74) is 4.19. The fourth-order valence-electron chi connectivity index (χ4n) is 3.06. The van der Waals surface area contributed by atoms with Gasteiger partial charge in [-0.05, 0) is 48.0 Å². The predicted octanol–water partition coefficient (Wildman–Crippen LogP) is 5.49. The molecular weight excluding hydrogens is 392 g/mol. The Balaban J connectivity index is 1.49. The number of ether oxygens (including phenoxy) is 1. The Labute approximate surface area is 179 Å². The molecule has 0 spiro atoms. The predicted molar refractivity (Wildman–Crippen MR) is 119 cm³/mol. The Hall–Kier alpha value is -4.26. The highest BCUT2D eigenvalue weighted by Crippen LogP contribution is 2.29. The highest BCUT2D eigenvalue weighted by molar-refractivity contribution is 5.91. The number of hydrogen-bond donors (Lipinski definition) is 1. The molecule has 1 amide bonds. The van der Waals surface area contributed by atoms with Crippen molar-refractivity contribution in [3.8, 4) is 0 Å². The molecule has 0 fully saturated rings. The van der Waals surface area contributed by atoms with Gasteiger partial charge in [-0.3, -0.25) is 4.79 Å². The van der Waals surface area contributed by atoms with E-state index in [1.807, 2.05) is 48.5 Å². The quantitative estimate of drug-likeness (QED) is 0.562. The molecule has 1 heterocycles. The maximum absolute atomic E-state index is 12.5. The van der Waals surface area contributed by atoms with Crippen LogP contribution in [0.5, 0.6) is 0 Å². The summed E-state index contributed by atoms with van der Waals surface area (Å²) < 4.78 is 5.41. The number of esters is 1. The molecule has 3 aromatic carbocycles. The summed E-state index contributed by atoms with van der Waals surface area (Å²) >= 11 is 0. The van der Waals surface area contributed by atoms with Crippen LogP contribution in [-0.2, 0) is 16.1 Å². The number of amides is 1. The average Bonchev–Trinajstić information content (AvgIpc) is 3.00. The van der Waals surface area contributed by atoms with Crippen molar-refractivity contribution >= 4 is 35.0 Å². The number of fused-ring (bicyclic) bond motifs is 1. The molecule has 0 radical (unpaired) electrons. The van der Waals surface area contributed by atoms with Gasteiger partial charge in [-0.25, -0.2) is 9.80 Å². The van der Waals surface area contributed by atoms with Crippen LogP contribution in [0.4, 0.5) is 17.1 Å². The normalized spacial score (nSPS) is 12.1. The zero-order chi connectivity index (χ0) is 21.6. The van der Waals surface area contributed by atoms with Crippen molar-refractivity contribution in [1.82, 2.24) is 0 Å². The highest BCUT2D eigenvalue weighted by atomic mass is 16.5. The van der Waals surface area contributed by atoms with E-state index in [-0.39, 0.29) is 12.5 Å². The van der Waals surface area contributed by atoms with Crippen molar-refractivity contribution in [3.05, 3.63) is 95.7 Å². The Morgan fingerprint density at radius 2 is 1.84 bits per heavy atom. The molecule has 31 heavy (non-hydrogen) atoms. The van der Waals surface area contributed by atoms with E-state index in [1.54, 1.807) is 41.5 Å². The summed E-state index contributed by atoms with van der Waals surface area (Å²) in [6.45, 7) is 1.67. The lowest BCUT2D eigenvalue weighted by Gasteiger charge is -2.13. The number of nitrogens with one attached hydrogen (secondary N) is 1. The first-order valence-corrected chi connectivity index (χ1v) is 9.70. The molecule has 0 saturated carbocycles. The molecule has 1 aliphatic rings. The van der Waals surface area contributed by atoms with E-state index in [0.717, 1.165) is 11.1 Å². The molecule has 7 nitrogen and oxygen atoms in total. The molecule has 1 aliphatic heterocycles. The van der Waals surface area contributed by atoms with Gasteiger partial charge in [0.25, 0.3) is 0 Å². The maximum atomic E-state index is 12.5. The van der Waals surface area contributed by atoms with Crippen LogP contribution in [0, 0.1) is 0 Å². The van der Waals surface area contributed by atoms with Crippen molar-refractivity contribution < 1.29 is 14.3 Å². The summed E-state index contributed by atoms with van der Waals surface area (Å²) in [5, 5.41) is 12.9. The van der Waals surface area contributed by atoms with E-state index in [4.69, 9.17) is 4.74 Å². The summed E-state index contributed by atoms with van der Waals surface area (Å²) in [7, 11) is 0. The van der Waals surface area contributed by atoms with E-state index in [1.165, 1.54) is 6.92 Å². The summed E-state index contributed by atoms with van der Waals surface area (Å²) in [4.78, 5) is 23.8. The van der Waals surface area contributed by atoms with E-state index < -0.39 is 5.97 Å². The molecule has 0 atom stereocenters. The van der Waals surface area contributed by atoms with E-state index in [0.29, 0.717) is 22.6 Å². The topological polar surface area (TPSA) is 83.4 Å². The van der Waals surface area contributed by atoms with Crippen molar-refractivity contribution in [3.63, 3.8) is 0 Å². The molecule has 4 rings (SSSR count). The minimum absolute atomic E-state index is 0.142. The monoisotopic (exact) mass is 412 g/mol. The zero-order valence-corrected chi connectivity index (χ0v) is 16.9. The molecule has 0 bridgehead atoms. The number of benzene rings is 3. The summed E-state index contributed by atoms with van der Waals surface area (Å²) in [5.74, 6) is -0.554. The third-order valence-corrected chi connectivity index (χ3v) is 4.55. The van der Waals surface area contributed by atoms with Crippen LogP contribution >= 0.6 is 0 Å². The van der Waals surface area contributed by atoms with Gasteiger partial charge in [-0.15, -0.1) is 5.11 Å². The summed E-state index contributed by atoms with van der Waals surface area (Å²) in [6.07, 6.45) is 3.60. The van der Waals surface area contributed by atoms with Gasteiger partial charge in [-0.2, -0.15) is 0 Å². The lowest BCUT2D eigenvalue weighted by Crippen LogP contribution is -2.09. The Morgan fingerprint density at radius 3 is 2.65 bits per heavy atom. The Bertz CT molecular complexity index is 1170. The Morgan fingerprint density at radius 1 is 1.00 bits per heavy atom. The molecule has 7 heteroatoms. The number of rotatable bonds is 5. The SMILES string of the molecule is CC(=O)Nc1ccc2c(c1)C=CN(c1cccc(C(=O)OCc3ccccc3)c1)N=N2. The third kappa shape index (κ3) is 5.02. The number of hydrogen-bond acceptors (Lipinski definition) is 6. The second kappa shape index (κ2) is 9.04. The molecule has 0 aromatic heterocycles. The van der Waals surface area contributed by atoms with Crippen LogP contribution in [0.25, 0.3) is 6.08 Å². The van der Waals surface area contributed by atoms with Gasteiger partial charge >= 0.3 is 5.97 Å². The third-order valence-electron chi connectivity index (χ3n) is 4.55. The molecule has 0 unspecified atom stereocenters. The number of nitrogens with zero attached hydrogens (tertiary/aromatic N) is 3. The first-order chi connectivity index (χ1) is 15.1. The molecule has 0 saturated heterocycles. The molecule has 1 N–H and O–H groups in total. The van der Waals surface area contributed by atoms with Crippen molar-refractivity contribution in [1.29, 1.82) is 0 Å². The lowest BCUT2D eigenvalue weighted by atomic mass is 10.1. The Kier molecular flexibility index (Phi) is 5.84. The van der Waals surface area contributed by atoms with Gasteiger partial charge in [0.2, 0.25) is 5.91 Å². The molecule has 0 aliphatic carbocycles. The van der Waals surface area contributed by atoms with Gasteiger partial charge in [0.15, 0.2) is 0 Å². The van der Waals surface area contributed by atoms with E-state index >= 15 is 0 Å². The fraction of sp³-hybridized carbons (Fsp3) is 0.0833.